The summed E-state index contributed by atoms with van der Waals surface area (Å²) in [5.41, 5.74) is 7.01. The van der Waals surface area contributed by atoms with Gasteiger partial charge in [0.05, 0.1) is 33.6 Å². The average molecular weight is 567 g/mol. The summed E-state index contributed by atoms with van der Waals surface area (Å²) in [6, 6.07) is 43.4. The Balaban J connectivity index is 1.60. The fraction of sp³-hybridized carbons (Fsp3) is 0.0286. The second-order valence-electron chi connectivity index (χ2n) is 9.82. The van der Waals surface area contributed by atoms with Crippen molar-refractivity contribution in [1.29, 1.82) is 5.26 Å². The number of hydrogen-bond donors (Lipinski definition) is 1. The lowest BCUT2D eigenvalue weighted by molar-refractivity contribution is 0.601. The van der Waals surface area contributed by atoms with Gasteiger partial charge in [-0.15, -0.1) is 0 Å². The van der Waals surface area contributed by atoms with Crippen LogP contribution in [0.3, 0.4) is 0 Å². The van der Waals surface area contributed by atoms with Crippen molar-refractivity contribution in [3.8, 4) is 45.7 Å². The number of nitriles is 1. The molecule has 1 aromatic heterocycles. The second kappa shape index (κ2) is 11.2. The number of para-hydroxylation sites is 1. The highest BCUT2D eigenvalue weighted by Crippen LogP contribution is 2.40. The monoisotopic (exact) mass is 566 g/mol. The van der Waals surface area contributed by atoms with Crippen molar-refractivity contribution in [3.63, 3.8) is 0 Å². The van der Waals surface area contributed by atoms with Crippen LogP contribution in [0, 0.1) is 18.3 Å². The quantitative estimate of drug-likeness (QED) is 0.213. The minimum Gasteiger partial charge on any atom is -0.292 e. The van der Waals surface area contributed by atoms with E-state index in [-0.39, 0.29) is 4.90 Å². The summed E-state index contributed by atoms with van der Waals surface area (Å²) in [5.74, 6) is 0.592. The Morgan fingerprint density at radius 2 is 1.31 bits per heavy atom. The molecule has 0 aliphatic carbocycles. The molecule has 0 amide bonds. The topological polar surface area (TPSA) is 87.8 Å². The van der Waals surface area contributed by atoms with Gasteiger partial charge in [0.1, 0.15) is 5.82 Å². The highest BCUT2D eigenvalue weighted by Gasteiger charge is 2.25. The molecule has 0 atom stereocenters. The van der Waals surface area contributed by atoms with Gasteiger partial charge in [-0.3, -0.25) is 9.29 Å². The first-order valence-electron chi connectivity index (χ1n) is 13.4. The molecule has 6 rings (SSSR count). The molecule has 1 heterocycles. The van der Waals surface area contributed by atoms with Crippen molar-refractivity contribution >= 4 is 15.7 Å². The fourth-order valence-corrected chi connectivity index (χ4v) is 5.96. The molecule has 0 radical (unpaired) electrons. The Hall–Kier alpha value is -5.45. The van der Waals surface area contributed by atoms with E-state index in [9.17, 15) is 8.42 Å². The number of aromatic nitrogens is 2. The maximum Gasteiger partial charge on any atom is 0.261 e. The third kappa shape index (κ3) is 5.19. The highest BCUT2D eigenvalue weighted by atomic mass is 32.2. The van der Waals surface area contributed by atoms with Crippen LogP contribution in [0.4, 0.5) is 5.69 Å². The van der Waals surface area contributed by atoms with Gasteiger partial charge >= 0.3 is 0 Å². The molecule has 0 unspecified atom stereocenters. The number of benzene rings is 5. The standard InChI is InChI=1S/C35H26N4O2S/c1-25-16-20-29(21-17-25)39-34(28-12-6-3-7-13-28)33(27-10-4-2-5-11-27)37-35(39)31-14-8-9-15-32(31)38-42(40,41)30-22-18-26(24-36)19-23-30/h2-23,38H,1H3. The SMILES string of the molecule is Cc1ccc(-n2c(-c3ccccc3NS(=O)(=O)c3ccc(C#N)cc3)nc(-c3ccccc3)c2-c2ccccc2)cc1. The van der Waals surface area contributed by atoms with Crippen LogP contribution in [-0.2, 0) is 10.0 Å². The van der Waals surface area contributed by atoms with Crippen molar-refractivity contribution in [2.24, 2.45) is 0 Å². The van der Waals surface area contributed by atoms with Gasteiger partial charge in [0.15, 0.2) is 0 Å². The van der Waals surface area contributed by atoms with Crippen LogP contribution in [0.25, 0.3) is 39.6 Å². The summed E-state index contributed by atoms with van der Waals surface area (Å²) in [6.45, 7) is 2.04. The maximum absolute atomic E-state index is 13.5. The Morgan fingerprint density at radius 3 is 1.95 bits per heavy atom. The Labute approximate surface area is 245 Å². The zero-order chi connectivity index (χ0) is 29.1. The molecular formula is C35H26N4O2S. The Bertz CT molecular complexity index is 2010. The first kappa shape index (κ1) is 26.8. The molecule has 0 spiro atoms. The Morgan fingerprint density at radius 1 is 0.714 bits per heavy atom. The van der Waals surface area contributed by atoms with E-state index in [0.29, 0.717) is 22.6 Å². The predicted octanol–water partition coefficient (Wildman–Crippen LogP) is 7.85. The molecule has 0 saturated carbocycles. The highest BCUT2D eigenvalue weighted by molar-refractivity contribution is 7.92. The van der Waals surface area contributed by atoms with E-state index in [0.717, 1.165) is 33.8 Å². The van der Waals surface area contributed by atoms with Crippen LogP contribution < -0.4 is 4.72 Å². The molecule has 0 aliphatic heterocycles. The van der Waals surface area contributed by atoms with Crippen molar-refractivity contribution in [1.82, 2.24) is 9.55 Å². The van der Waals surface area contributed by atoms with E-state index in [1.54, 1.807) is 12.1 Å². The van der Waals surface area contributed by atoms with E-state index < -0.39 is 10.0 Å². The molecule has 5 aromatic carbocycles. The number of aryl methyl sites for hydroxylation is 1. The van der Waals surface area contributed by atoms with Crippen LogP contribution in [0.15, 0.2) is 138 Å². The molecule has 0 bridgehead atoms. The molecule has 6 nitrogen and oxygen atoms in total. The van der Waals surface area contributed by atoms with Gasteiger partial charge in [-0.05, 0) is 55.5 Å². The molecule has 7 heteroatoms. The van der Waals surface area contributed by atoms with Gasteiger partial charge in [0, 0.05) is 22.4 Å². The summed E-state index contributed by atoms with van der Waals surface area (Å²) in [4.78, 5) is 5.27. The minimum atomic E-state index is -3.96. The van der Waals surface area contributed by atoms with Gasteiger partial charge in [0.2, 0.25) is 0 Å². The molecule has 204 valence electrons. The van der Waals surface area contributed by atoms with E-state index >= 15 is 0 Å². The van der Waals surface area contributed by atoms with Gasteiger partial charge in [0.25, 0.3) is 10.0 Å². The number of anilines is 1. The van der Waals surface area contributed by atoms with Crippen LogP contribution in [0.5, 0.6) is 0 Å². The zero-order valence-corrected chi connectivity index (χ0v) is 23.6. The van der Waals surface area contributed by atoms with E-state index in [1.807, 2.05) is 85.8 Å². The number of nitrogens with zero attached hydrogens (tertiary/aromatic N) is 3. The van der Waals surface area contributed by atoms with Crippen LogP contribution in [0.2, 0.25) is 0 Å². The molecule has 0 aliphatic rings. The lowest BCUT2D eigenvalue weighted by Crippen LogP contribution is -2.14. The predicted molar refractivity (Wildman–Crippen MR) is 167 cm³/mol. The zero-order valence-electron chi connectivity index (χ0n) is 22.8. The van der Waals surface area contributed by atoms with Crippen LogP contribution >= 0.6 is 0 Å². The van der Waals surface area contributed by atoms with Gasteiger partial charge < -0.3 is 0 Å². The molecule has 42 heavy (non-hydrogen) atoms. The number of imidazole rings is 1. The number of sulfonamides is 1. The summed E-state index contributed by atoms with van der Waals surface area (Å²) in [5, 5.41) is 9.13. The average Bonchev–Trinajstić information content (AvgIpc) is 3.43. The van der Waals surface area contributed by atoms with Crippen molar-refractivity contribution in [3.05, 3.63) is 145 Å². The third-order valence-electron chi connectivity index (χ3n) is 6.97. The molecular weight excluding hydrogens is 540 g/mol. The summed E-state index contributed by atoms with van der Waals surface area (Å²) in [6.07, 6.45) is 0. The lowest BCUT2D eigenvalue weighted by Gasteiger charge is -2.16. The lowest BCUT2D eigenvalue weighted by atomic mass is 10.0. The van der Waals surface area contributed by atoms with Crippen LogP contribution in [-0.4, -0.2) is 18.0 Å². The number of rotatable bonds is 7. The number of nitrogens with one attached hydrogen (secondary N) is 1. The second-order valence-corrected chi connectivity index (χ2v) is 11.5. The van der Waals surface area contributed by atoms with E-state index in [2.05, 4.69) is 33.6 Å². The molecule has 6 aromatic rings. The minimum absolute atomic E-state index is 0.0631. The summed E-state index contributed by atoms with van der Waals surface area (Å²) in [7, 11) is -3.96. The largest absolute Gasteiger partial charge is 0.292 e. The molecule has 1 N–H and O–H groups in total. The van der Waals surface area contributed by atoms with Crippen molar-refractivity contribution < 1.29 is 8.42 Å². The summed E-state index contributed by atoms with van der Waals surface area (Å²) < 4.78 is 31.8. The van der Waals surface area contributed by atoms with Gasteiger partial charge in [-0.2, -0.15) is 5.26 Å². The Kier molecular flexibility index (Phi) is 7.14. The first-order valence-corrected chi connectivity index (χ1v) is 14.9. The fourth-order valence-electron chi connectivity index (χ4n) is 4.89. The molecule has 0 fully saturated rings. The van der Waals surface area contributed by atoms with Gasteiger partial charge in [-0.1, -0.05) is 90.5 Å². The van der Waals surface area contributed by atoms with E-state index in [4.69, 9.17) is 10.2 Å². The van der Waals surface area contributed by atoms with Crippen LogP contribution in [0.1, 0.15) is 11.1 Å². The number of hydrogen-bond acceptors (Lipinski definition) is 4. The smallest absolute Gasteiger partial charge is 0.261 e. The normalized spacial score (nSPS) is 11.1. The molecule has 0 saturated heterocycles. The van der Waals surface area contributed by atoms with Crippen molar-refractivity contribution in [2.75, 3.05) is 4.72 Å². The maximum atomic E-state index is 13.5. The van der Waals surface area contributed by atoms with Gasteiger partial charge in [-0.25, -0.2) is 13.4 Å². The van der Waals surface area contributed by atoms with E-state index in [1.165, 1.54) is 24.3 Å². The first-order chi connectivity index (χ1) is 20.4. The summed E-state index contributed by atoms with van der Waals surface area (Å²) >= 11 is 0. The van der Waals surface area contributed by atoms with Crippen molar-refractivity contribution in [2.45, 2.75) is 11.8 Å². The third-order valence-corrected chi connectivity index (χ3v) is 8.35.